The summed E-state index contributed by atoms with van der Waals surface area (Å²) in [5.74, 6) is 1.06. The average molecular weight is 565 g/mol. The van der Waals surface area contributed by atoms with Crippen LogP contribution in [0.25, 0.3) is 28.2 Å². The second-order valence-corrected chi connectivity index (χ2v) is 12.3. The van der Waals surface area contributed by atoms with E-state index in [1.807, 2.05) is 79.9 Å². The molecule has 208 valence electrons. The van der Waals surface area contributed by atoms with Gasteiger partial charge in [0.25, 0.3) is 0 Å². The molecule has 1 amide bonds. The van der Waals surface area contributed by atoms with E-state index in [0.717, 1.165) is 57.2 Å². The molecule has 0 spiro atoms. The van der Waals surface area contributed by atoms with E-state index in [-0.39, 0.29) is 0 Å². The summed E-state index contributed by atoms with van der Waals surface area (Å²) in [4.78, 5) is 28.0. The number of amides is 1. The standard InChI is InChI=1S/C32H32N6O2S/c1-31(2,3)40-30(39)37-32(18-8-19-32)21-12-14-22(15-13-21)38-28(24-11-7-20-34-27(24)33)35-25-16-17-26(36-29(25)38)41-23-9-5-4-6-10-23/h4-7,9-17,20H,8,18-19H2,1-3H3,(H2,33,34)(H,37,39). The third kappa shape index (κ3) is 5.50. The van der Waals surface area contributed by atoms with Crippen molar-refractivity contribution in [1.82, 2.24) is 24.8 Å². The van der Waals surface area contributed by atoms with Crippen LogP contribution in [0.4, 0.5) is 10.6 Å². The van der Waals surface area contributed by atoms with Crippen molar-refractivity contribution in [3.63, 3.8) is 0 Å². The number of alkyl carbamates (subject to hydrolysis) is 1. The smallest absolute Gasteiger partial charge is 0.408 e. The van der Waals surface area contributed by atoms with Crippen LogP contribution in [0.2, 0.25) is 0 Å². The van der Waals surface area contributed by atoms with Crippen molar-refractivity contribution in [2.24, 2.45) is 0 Å². The minimum absolute atomic E-state index is 0.398. The highest BCUT2D eigenvalue weighted by molar-refractivity contribution is 7.99. The fourth-order valence-electron chi connectivity index (χ4n) is 5.08. The molecule has 0 aliphatic heterocycles. The summed E-state index contributed by atoms with van der Waals surface area (Å²) in [6.07, 6.45) is 4.03. The molecule has 6 rings (SSSR count). The van der Waals surface area contributed by atoms with Gasteiger partial charge in [0.05, 0.1) is 11.1 Å². The summed E-state index contributed by atoms with van der Waals surface area (Å²) in [6.45, 7) is 5.61. The molecule has 3 heterocycles. The first kappa shape index (κ1) is 26.8. The molecule has 1 fully saturated rings. The molecule has 1 saturated carbocycles. The van der Waals surface area contributed by atoms with Crippen molar-refractivity contribution < 1.29 is 9.53 Å². The molecule has 2 aromatic carbocycles. The fraction of sp³-hybridized carbons (Fsp3) is 0.250. The lowest BCUT2D eigenvalue weighted by Gasteiger charge is -2.43. The average Bonchev–Trinajstić information content (AvgIpc) is 3.29. The minimum Gasteiger partial charge on any atom is -0.444 e. The Morgan fingerprint density at radius 1 is 0.976 bits per heavy atom. The van der Waals surface area contributed by atoms with Crippen LogP contribution in [0, 0.1) is 0 Å². The second kappa shape index (κ2) is 10.6. The number of hydrogen-bond donors (Lipinski definition) is 2. The Hall–Kier alpha value is -4.37. The molecule has 9 heteroatoms. The third-order valence-electron chi connectivity index (χ3n) is 7.15. The molecule has 41 heavy (non-hydrogen) atoms. The molecule has 0 radical (unpaired) electrons. The number of nitrogens with zero attached hydrogens (tertiary/aromatic N) is 4. The Bertz CT molecular complexity index is 1710. The quantitative estimate of drug-likeness (QED) is 0.226. The first-order valence-electron chi connectivity index (χ1n) is 13.7. The van der Waals surface area contributed by atoms with Gasteiger partial charge in [-0.05, 0) is 94.1 Å². The van der Waals surface area contributed by atoms with E-state index in [0.29, 0.717) is 11.6 Å². The lowest BCUT2D eigenvalue weighted by atomic mass is 9.72. The highest BCUT2D eigenvalue weighted by Gasteiger charge is 2.41. The topological polar surface area (TPSA) is 108 Å². The number of aromatic nitrogens is 4. The Morgan fingerprint density at radius 2 is 1.73 bits per heavy atom. The van der Waals surface area contributed by atoms with Gasteiger partial charge in [-0.25, -0.2) is 19.7 Å². The number of fused-ring (bicyclic) bond motifs is 1. The number of carbonyl (C=O) groups excluding carboxylic acids is 1. The Kier molecular flexibility index (Phi) is 6.91. The van der Waals surface area contributed by atoms with E-state index in [2.05, 4.69) is 34.6 Å². The zero-order chi connectivity index (χ0) is 28.6. The van der Waals surface area contributed by atoms with Crippen LogP contribution >= 0.6 is 11.8 Å². The van der Waals surface area contributed by atoms with Gasteiger partial charge >= 0.3 is 6.09 Å². The van der Waals surface area contributed by atoms with Gasteiger partial charge in [-0.3, -0.25) is 4.57 Å². The number of nitrogens with two attached hydrogens (primary N) is 1. The van der Waals surface area contributed by atoms with Gasteiger partial charge in [-0.15, -0.1) is 0 Å². The molecular weight excluding hydrogens is 532 g/mol. The highest BCUT2D eigenvalue weighted by atomic mass is 32.2. The first-order chi connectivity index (χ1) is 19.7. The number of ether oxygens (including phenoxy) is 1. The summed E-state index contributed by atoms with van der Waals surface area (Å²) in [5, 5.41) is 4.00. The van der Waals surface area contributed by atoms with E-state index in [4.69, 9.17) is 20.4 Å². The molecule has 1 aliphatic carbocycles. The molecule has 3 N–H and O–H groups in total. The predicted octanol–water partition coefficient (Wildman–Crippen LogP) is 7.12. The maximum absolute atomic E-state index is 12.7. The summed E-state index contributed by atoms with van der Waals surface area (Å²) < 4.78 is 7.58. The Balaban J connectivity index is 1.41. The highest BCUT2D eigenvalue weighted by Crippen LogP contribution is 2.42. The zero-order valence-electron chi connectivity index (χ0n) is 23.3. The summed E-state index contributed by atoms with van der Waals surface area (Å²) in [7, 11) is 0. The number of imidazole rings is 1. The molecular formula is C32H32N6O2S. The van der Waals surface area contributed by atoms with E-state index >= 15 is 0 Å². The van der Waals surface area contributed by atoms with Gasteiger partial charge in [0, 0.05) is 16.8 Å². The van der Waals surface area contributed by atoms with Crippen molar-refractivity contribution in [3.05, 3.63) is 90.6 Å². The van der Waals surface area contributed by atoms with E-state index in [1.54, 1.807) is 18.0 Å². The van der Waals surface area contributed by atoms with Crippen molar-refractivity contribution in [1.29, 1.82) is 0 Å². The lowest BCUT2D eigenvalue weighted by Crippen LogP contribution is -2.52. The summed E-state index contributed by atoms with van der Waals surface area (Å²) in [6, 6.07) is 26.1. The summed E-state index contributed by atoms with van der Waals surface area (Å²) >= 11 is 1.60. The van der Waals surface area contributed by atoms with Gasteiger partial charge in [-0.1, -0.05) is 42.1 Å². The summed E-state index contributed by atoms with van der Waals surface area (Å²) in [5.41, 5.74) is 9.45. The molecule has 5 aromatic rings. The third-order valence-corrected chi connectivity index (χ3v) is 8.09. The van der Waals surface area contributed by atoms with Gasteiger partial charge < -0.3 is 15.8 Å². The molecule has 8 nitrogen and oxygen atoms in total. The van der Waals surface area contributed by atoms with Gasteiger partial charge in [0.15, 0.2) is 11.5 Å². The van der Waals surface area contributed by atoms with E-state index in [9.17, 15) is 4.79 Å². The van der Waals surface area contributed by atoms with Crippen LogP contribution in [0.1, 0.15) is 45.6 Å². The second-order valence-electron chi connectivity index (χ2n) is 11.2. The van der Waals surface area contributed by atoms with Crippen LogP contribution in [0.3, 0.4) is 0 Å². The van der Waals surface area contributed by atoms with Gasteiger partial charge in [0.1, 0.15) is 22.0 Å². The lowest BCUT2D eigenvalue weighted by molar-refractivity contribution is 0.0377. The number of nitrogens with one attached hydrogen (secondary N) is 1. The van der Waals surface area contributed by atoms with E-state index in [1.165, 1.54) is 0 Å². The SMILES string of the molecule is CC(C)(C)OC(=O)NC1(c2ccc(-n3c(-c4cccnc4N)nc4ccc(Sc5ccccc5)nc43)cc2)CCC1. The first-order valence-corrected chi connectivity index (χ1v) is 14.5. The molecule has 0 atom stereocenters. The number of benzene rings is 2. The van der Waals surface area contributed by atoms with Crippen LogP contribution in [0.5, 0.6) is 0 Å². The number of pyridine rings is 2. The predicted molar refractivity (Wildman–Crippen MR) is 162 cm³/mol. The number of nitrogen functional groups attached to an aromatic ring is 1. The molecule has 1 aliphatic rings. The van der Waals surface area contributed by atoms with Crippen molar-refractivity contribution >= 4 is 34.8 Å². The molecule has 3 aromatic heterocycles. The van der Waals surface area contributed by atoms with Crippen LogP contribution in [0.15, 0.2) is 95.0 Å². The number of hydrogen-bond acceptors (Lipinski definition) is 7. The maximum atomic E-state index is 12.7. The number of rotatable bonds is 6. The fourth-order valence-corrected chi connectivity index (χ4v) is 5.89. The minimum atomic E-state index is -0.559. The van der Waals surface area contributed by atoms with Crippen LogP contribution in [-0.4, -0.2) is 31.2 Å². The van der Waals surface area contributed by atoms with E-state index < -0.39 is 17.2 Å². The van der Waals surface area contributed by atoms with Gasteiger partial charge in [-0.2, -0.15) is 0 Å². The van der Waals surface area contributed by atoms with Gasteiger partial charge in [0.2, 0.25) is 0 Å². The monoisotopic (exact) mass is 564 g/mol. The molecule has 0 bridgehead atoms. The number of carbonyl (C=O) groups is 1. The van der Waals surface area contributed by atoms with Crippen molar-refractivity contribution in [2.45, 2.75) is 61.1 Å². The van der Waals surface area contributed by atoms with Crippen molar-refractivity contribution in [2.75, 3.05) is 5.73 Å². The normalized spacial score (nSPS) is 14.4. The van der Waals surface area contributed by atoms with Crippen LogP contribution in [-0.2, 0) is 10.3 Å². The largest absolute Gasteiger partial charge is 0.444 e. The zero-order valence-corrected chi connectivity index (χ0v) is 24.1. The molecule has 0 unspecified atom stereocenters. The Labute approximate surface area is 243 Å². The molecule has 0 saturated heterocycles. The van der Waals surface area contributed by atoms with Crippen molar-refractivity contribution in [3.8, 4) is 17.1 Å². The Morgan fingerprint density at radius 3 is 2.39 bits per heavy atom. The van der Waals surface area contributed by atoms with Crippen LogP contribution < -0.4 is 11.1 Å². The maximum Gasteiger partial charge on any atom is 0.408 e. The number of anilines is 1.